The number of esters is 3. The summed E-state index contributed by atoms with van der Waals surface area (Å²) in [6.45, 7) is 6.53. The van der Waals surface area contributed by atoms with Gasteiger partial charge in [0.2, 0.25) is 0 Å². The molecule has 79 heavy (non-hydrogen) atoms. The number of unbranched alkanes of at least 4 members (excludes halogenated alkanes) is 37. The largest absolute Gasteiger partial charge is 0.462 e. The molecule has 0 N–H and O–H groups in total. The average Bonchev–Trinajstić information content (AvgIpc) is 3.45. The number of hydrogen-bond donors (Lipinski definition) is 0. The lowest BCUT2D eigenvalue weighted by Gasteiger charge is -2.18. The Labute approximate surface area is 490 Å². The third-order valence-corrected chi connectivity index (χ3v) is 14.9. The molecular weight excluding hydrogens is 973 g/mol. The molecule has 0 aliphatic carbocycles. The molecule has 0 saturated carbocycles. The third kappa shape index (κ3) is 65.3. The van der Waals surface area contributed by atoms with Crippen molar-refractivity contribution < 1.29 is 28.6 Å². The number of carbonyl (C=O) groups excluding carboxylic acids is 3. The molecule has 0 aromatic rings. The van der Waals surface area contributed by atoms with E-state index in [0.29, 0.717) is 19.3 Å². The van der Waals surface area contributed by atoms with Crippen LogP contribution >= 0.6 is 0 Å². The summed E-state index contributed by atoms with van der Waals surface area (Å²) in [6, 6.07) is 0. The van der Waals surface area contributed by atoms with Gasteiger partial charge >= 0.3 is 17.9 Å². The van der Waals surface area contributed by atoms with Crippen molar-refractivity contribution in [2.45, 2.75) is 348 Å². The molecule has 456 valence electrons. The highest BCUT2D eigenvalue weighted by Crippen LogP contribution is 2.17. The van der Waals surface area contributed by atoms with E-state index in [4.69, 9.17) is 14.2 Å². The lowest BCUT2D eigenvalue weighted by molar-refractivity contribution is -0.167. The maximum atomic E-state index is 12.9. The van der Waals surface area contributed by atoms with E-state index >= 15 is 0 Å². The van der Waals surface area contributed by atoms with Crippen molar-refractivity contribution in [3.63, 3.8) is 0 Å². The maximum Gasteiger partial charge on any atom is 0.306 e. The van der Waals surface area contributed by atoms with Crippen LogP contribution in [0.3, 0.4) is 0 Å². The van der Waals surface area contributed by atoms with Gasteiger partial charge in [-0.25, -0.2) is 0 Å². The fraction of sp³-hybridized carbons (Fsp3) is 0.767. The molecule has 0 saturated heterocycles. The van der Waals surface area contributed by atoms with Crippen molar-refractivity contribution in [1.82, 2.24) is 0 Å². The first-order valence-corrected chi connectivity index (χ1v) is 34.1. The summed E-state index contributed by atoms with van der Waals surface area (Å²) in [6.07, 6.45) is 88.9. The van der Waals surface area contributed by atoms with Crippen LogP contribution < -0.4 is 0 Å². The number of hydrogen-bond acceptors (Lipinski definition) is 6. The van der Waals surface area contributed by atoms with E-state index in [1.807, 2.05) is 0 Å². The SMILES string of the molecule is CC/C=C\C/C=C\C/C=C\C/C=C\C/C=C\C/C=C\CCCCC(=O)OC(COC(=O)CCCCCCC/C=C\CCCCCCCCC)COC(=O)CCCCCCCCCCCCCCCCCCCCCCCCCC. The number of allylic oxidation sites excluding steroid dienone is 14. The molecule has 0 heterocycles. The maximum absolute atomic E-state index is 12.9. The van der Waals surface area contributed by atoms with Crippen LogP contribution in [0.25, 0.3) is 0 Å². The van der Waals surface area contributed by atoms with Crippen LogP contribution in [-0.2, 0) is 28.6 Å². The molecule has 0 spiro atoms. The Morgan fingerprint density at radius 3 is 0.810 bits per heavy atom. The monoisotopic (exact) mass is 1100 g/mol. The van der Waals surface area contributed by atoms with Gasteiger partial charge in [-0.1, -0.05) is 311 Å². The molecule has 0 amide bonds. The molecule has 6 nitrogen and oxygen atoms in total. The summed E-state index contributed by atoms with van der Waals surface area (Å²) in [5.74, 6) is -0.930. The molecular formula is C73H128O6. The van der Waals surface area contributed by atoms with Gasteiger partial charge in [0, 0.05) is 19.3 Å². The summed E-state index contributed by atoms with van der Waals surface area (Å²) < 4.78 is 16.9. The van der Waals surface area contributed by atoms with Gasteiger partial charge in [-0.3, -0.25) is 14.4 Å². The van der Waals surface area contributed by atoms with E-state index in [1.54, 1.807) is 0 Å². The van der Waals surface area contributed by atoms with Crippen LogP contribution in [0.5, 0.6) is 0 Å². The molecule has 0 aliphatic heterocycles. The summed E-state index contributed by atoms with van der Waals surface area (Å²) in [7, 11) is 0. The molecule has 0 aromatic heterocycles. The van der Waals surface area contributed by atoms with Crippen LogP contribution in [0.15, 0.2) is 85.1 Å². The van der Waals surface area contributed by atoms with Crippen LogP contribution in [0.1, 0.15) is 342 Å². The first-order valence-electron chi connectivity index (χ1n) is 34.1. The van der Waals surface area contributed by atoms with Gasteiger partial charge in [0.1, 0.15) is 13.2 Å². The Morgan fingerprint density at radius 1 is 0.266 bits per heavy atom. The van der Waals surface area contributed by atoms with Crippen molar-refractivity contribution in [3.8, 4) is 0 Å². The topological polar surface area (TPSA) is 78.9 Å². The standard InChI is InChI=1S/C73H128O6/c1-4-7-10-13-16-19-22-25-28-31-33-35-36-37-39-40-42-45-48-51-54-57-60-63-66-72(75)78-69-70(68-77-71(74)65-62-59-56-53-50-47-44-30-27-24-21-18-15-12-9-6-3)79-73(76)67-64-61-58-55-52-49-46-43-41-38-34-32-29-26-23-20-17-14-11-8-5-2/h8,11,17,20,26,29-30,34,38,43-44,46,52,55,70H,4-7,9-10,12-16,18-19,21-25,27-28,31-33,35-37,39-42,45,47-51,53-54,56-69H2,1-3H3/b11-8-,20-17-,29-26-,38-34-,44-30-,46-43-,55-52-. The smallest absolute Gasteiger partial charge is 0.306 e. The minimum absolute atomic E-state index is 0.0940. The molecule has 1 unspecified atom stereocenters. The van der Waals surface area contributed by atoms with Gasteiger partial charge in [-0.15, -0.1) is 0 Å². The Balaban J connectivity index is 4.39. The molecule has 0 bridgehead atoms. The fourth-order valence-electron chi connectivity index (χ4n) is 9.80. The zero-order chi connectivity index (χ0) is 57.1. The van der Waals surface area contributed by atoms with Crippen molar-refractivity contribution >= 4 is 17.9 Å². The highest BCUT2D eigenvalue weighted by molar-refractivity contribution is 5.71. The second-order valence-electron chi connectivity index (χ2n) is 22.7. The van der Waals surface area contributed by atoms with E-state index in [-0.39, 0.29) is 37.5 Å². The van der Waals surface area contributed by atoms with E-state index in [2.05, 4.69) is 106 Å². The zero-order valence-corrected chi connectivity index (χ0v) is 52.4. The minimum atomic E-state index is -0.804. The lowest BCUT2D eigenvalue weighted by atomic mass is 10.0. The minimum Gasteiger partial charge on any atom is -0.462 e. The van der Waals surface area contributed by atoms with Crippen LogP contribution in [0.4, 0.5) is 0 Å². The average molecular weight is 1100 g/mol. The van der Waals surface area contributed by atoms with Gasteiger partial charge in [0.15, 0.2) is 6.10 Å². The Hall–Kier alpha value is -3.41. The predicted molar refractivity (Wildman–Crippen MR) is 344 cm³/mol. The van der Waals surface area contributed by atoms with Crippen LogP contribution in [0.2, 0.25) is 0 Å². The molecule has 6 heteroatoms. The van der Waals surface area contributed by atoms with Crippen molar-refractivity contribution in [1.29, 1.82) is 0 Å². The number of carbonyl (C=O) groups is 3. The van der Waals surface area contributed by atoms with Crippen molar-refractivity contribution in [2.75, 3.05) is 13.2 Å². The van der Waals surface area contributed by atoms with Crippen molar-refractivity contribution in [3.05, 3.63) is 85.1 Å². The predicted octanol–water partition coefficient (Wildman–Crippen LogP) is 23.4. The van der Waals surface area contributed by atoms with E-state index in [0.717, 1.165) is 96.3 Å². The molecule has 0 rings (SSSR count). The second-order valence-corrected chi connectivity index (χ2v) is 22.7. The molecule has 0 fully saturated rings. The zero-order valence-electron chi connectivity index (χ0n) is 52.4. The molecule has 0 aliphatic rings. The fourth-order valence-corrected chi connectivity index (χ4v) is 9.80. The first kappa shape index (κ1) is 75.6. The van der Waals surface area contributed by atoms with E-state index in [9.17, 15) is 14.4 Å². The number of rotatable bonds is 62. The van der Waals surface area contributed by atoms with Gasteiger partial charge in [-0.05, 0) is 96.3 Å². The quantitative estimate of drug-likeness (QED) is 0.0261. The molecule has 1 atom stereocenters. The van der Waals surface area contributed by atoms with Gasteiger partial charge < -0.3 is 14.2 Å². The second kappa shape index (κ2) is 67.1. The van der Waals surface area contributed by atoms with E-state index in [1.165, 1.54) is 199 Å². The van der Waals surface area contributed by atoms with Gasteiger partial charge in [-0.2, -0.15) is 0 Å². The Morgan fingerprint density at radius 2 is 0.494 bits per heavy atom. The van der Waals surface area contributed by atoms with Gasteiger partial charge in [0.25, 0.3) is 0 Å². The lowest BCUT2D eigenvalue weighted by Crippen LogP contribution is -2.30. The summed E-state index contributed by atoms with van der Waals surface area (Å²) in [5.41, 5.74) is 0. The summed E-state index contributed by atoms with van der Waals surface area (Å²) in [4.78, 5) is 38.4. The highest BCUT2D eigenvalue weighted by Gasteiger charge is 2.19. The number of ether oxygens (including phenoxy) is 3. The van der Waals surface area contributed by atoms with Crippen LogP contribution in [-0.4, -0.2) is 37.2 Å². The van der Waals surface area contributed by atoms with Gasteiger partial charge in [0.05, 0.1) is 0 Å². The normalized spacial score (nSPS) is 12.6. The Bertz CT molecular complexity index is 1500. The summed E-state index contributed by atoms with van der Waals surface area (Å²) >= 11 is 0. The molecule has 0 radical (unpaired) electrons. The first-order chi connectivity index (χ1) is 39.0. The van der Waals surface area contributed by atoms with E-state index < -0.39 is 6.10 Å². The third-order valence-electron chi connectivity index (χ3n) is 14.9. The van der Waals surface area contributed by atoms with Crippen molar-refractivity contribution in [2.24, 2.45) is 0 Å². The highest BCUT2D eigenvalue weighted by atomic mass is 16.6. The van der Waals surface area contributed by atoms with Crippen LogP contribution in [0, 0.1) is 0 Å². The summed E-state index contributed by atoms with van der Waals surface area (Å²) in [5, 5.41) is 0. The Kier molecular flexibility index (Phi) is 64.2. The molecule has 0 aromatic carbocycles.